The molecule has 0 N–H and O–H groups in total. The minimum atomic E-state index is -3.64. The number of hydrogen-bond acceptors (Lipinski definition) is 4. The number of benzene rings is 2. The van der Waals surface area contributed by atoms with E-state index in [-0.39, 0.29) is 16.0 Å². The van der Waals surface area contributed by atoms with Crippen LogP contribution < -0.4 is 4.74 Å². The minimum Gasteiger partial charge on any atom is -0.496 e. The molecule has 1 atom stereocenters. The van der Waals surface area contributed by atoms with Crippen molar-refractivity contribution in [2.24, 2.45) is 0 Å². The third kappa shape index (κ3) is 3.53. The average molecular weight is 381 g/mol. The Morgan fingerprint density at radius 1 is 1.08 bits per heavy atom. The molecule has 0 bridgehead atoms. The summed E-state index contributed by atoms with van der Waals surface area (Å²) in [6.45, 7) is 1.41. The van der Waals surface area contributed by atoms with Gasteiger partial charge in [0.2, 0.25) is 10.0 Å². The van der Waals surface area contributed by atoms with Crippen molar-refractivity contribution in [2.45, 2.75) is 10.9 Å². The first kappa shape index (κ1) is 18.2. The average Bonchev–Trinajstić information content (AvgIpc) is 2.62. The Morgan fingerprint density at radius 3 is 2.48 bits per heavy atom. The van der Waals surface area contributed by atoms with Gasteiger partial charge in [-0.1, -0.05) is 41.9 Å². The van der Waals surface area contributed by atoms with E-state index in [0.717, 1.165) is 11.3 Å². The standard InChI is InChI=1S/C18H21ClN2O3S/c1-20-11-12-21(25(22,23)18-10-6-4-8-15(18)19)13-16(20)14-7-3-5-9-17(14)24-2/h3-10,16H,11-13H2,1-2H3. The quantitative estimate of drug-likeness (QED) is 0.818. The molecule has 134 valence electrons. The van der Waals surface area contributed by atoms with Crippen molar-refractivity contribution in [1.29, 1.82) is 0 Å². The molecule has 1 fully saturated rings. The Kier molecular flexibility index (Phi) is 5.34. The predicted octanol–water partition coefficient (Wildman–Crippen LogP) is 3.03. The van der Waals surface area contributed by atoms with Crippen LogP contribution in [0.1, 0.15) is 11.6 Å². The number of para-hydroxylation sites is 1. The first-order valence-corrected chi connectivity index (χ1v) is 9.85. The fourth-order valence-electron chi connectivity index (χ4n) is 3.14. The van der Waals surface area contributed by atoms with E-state index in [9.17, 15) is 8.42 Å². The molecule has 1 unspecified atom stereocenters. The monoisotopic (exact) mass is 380 g/mol. The van der Waals surface area contributed by atoms with Crippen molar-refractivity contribution >= 4 is 21.6 Å². The molecule has 25 heavy (non-hydrogen) atoms. The highest BCUT2D eigenvalue weighted by molar-refractivity contribution is 7.89. The second kappa shape index (κ2) is 7.33. The fourth-order valence-corrected chi connectivity index (χ4v) is 5.07. The maximum atomic E-state index is 13.0. The summed E-state index contributed by atoms with van der Waals surface area (Å²) in [6.07, 6.45) is 0. The van der Waals surface area contributed by atoms with Gasteiger partial charge >= 0.3 is 0 Å². The zero-order valence-corrected chi connectivity index (χ0v) is 15.8. The molecule has 1 heterocycles. The van der Waals surface area contributed by atoms with Crippen LogP contribution in [0.3, 0.4) is 0 Å². The Balaban J connectivity index is 1.94. The van der Waals surface area contributed by atoms with E-state index in [1.54, 1.807) is 31.4 Å². The third-order valence-electron chi connectivity index (χ3n) is 4.56. The summed E-state index contributed by atoms with van der Waals surface area (Å²) in [4.78, 5) is 2.30. The van der Waals surface area contributed by atoms with Gasteiger partial charge in [0.15, 0.2) is 0 Å². The Hall–Kier alpha value is -1.60. The zero-order chi connectivity index (χ0) is 18.0. The molecular weight excluding hydrogens is 360 g/mol. The summed E-state index contributed by atoms with van der Waals surface area (Å²) >= 11 is 6.12. The van der Waals surface area contributed by atoms with Crippen LogP contribution in [0.5, 0.6) is 5.75 Å². The highest BCUT2D eigenvalue weighted by Crippen LogP contribution is 2.34. The molecule has 5 nitrogen and oxygen atoms in total. The number of rotatable bonds is 4. The Bertz CT molecular complexity index is 857. The summed E-state index contributed by atoms with van der Waals surface area (Å²) in [5.41, 5.74) is 0.978. The first-order chi connectivity index (χ1) is 11.9. The van der Waals surface area contributed by atoms with Crippen LogP contribution in [0, 0.1) is 0 Å². The van der Waals surface area contributed by atoms with Gasteiger partial charge in [0.1, 0.15) is 10.6 Å². The van der Waals surface area contributed by atoms with Gasteiger partial charge in [-0.2, -0.15) is 4.31 Å². The lowest BCUT2D eigenvalue weighted by molar-refractivity contribution is 0.146. The highest BCUT2D eigenvalue weighted by Gasteiger charge is 2.35. The van der Waals surface area contributed by atoms with E-state index in [2.05, 4.69) is 4.90 Å². The molecule has 1 saturated heterocycles. The van der Waals surface area contributed by atoms with Crippen LogP contribution in [0.25, 0.3) is 0 Å². The van der Waals surface area contributed by atoms with Crippen LogP contribution in [0.4, 0.5) is 0 Å². The summed E-state index contributed by atoms with van der Waals surface area (Å²) < 4.78 is 33.0. The van der Waals surface area contributed by atoms with Crippen LogP contribution in [0.2, 0.25) is 5.02 Å². The molecule has 0 spiro atoms. The molecular formula is C18H21ClN2O3S. The summed E-state index contributed by atoms with van der Waals surface area (Å²) in [6, 6.07) is 14.2. The van der Waals surface area contributed by atoms with E-state index in [1.165, 1.54) is 4.31 Å². The molecule has 3 rings (SSSR count). The van der Waals surface area contributed by atoms with E-state index in [0.29, 0.717) is 19.6 Å². The van der Waals surface area contributed by atoms with Crippen molar-refractivity contribution in [3.63, 3.8) is 0 Å². The second-order valence-corrected chi connectivity index (χ2v) is 8.35. The first-order valence-electron chi connectivity index (χ1n) is 8.03. The van der Waals surface area contributed by atoms with Gasteiger partial charge in [0.05, 0.1) is 18.2 Å². The number of sulfonamides is 1. The minimum absolute atomic E-state index is 0.0813. The number of ether oxygens (including phenoxy) is 1. The number of nitrogens with zero attached hydrogens (tertiary/aromatic N) is 2. The molecule has 0 radical (unpaired) electrons. The van der Waals surface area contributed by atoms with E-state index in [1.807, 2.05) is 31.3 Å². The van der Waals surface area contributed by atoms with Gasteiger partial charge in [0.25, 0.3) is 0 Å². The van der Waals surface area contributed by atoms with Crippen molar-refractivity contribution in [3.8, 4) is 5.75 Å². The number of halogens is 1. The topological polar surface area (TPSA) is 49.9 Å². The SMILES string of the molecule is COc1ccccc1C1CN(S(=O)(=O)c2ccccc2Cl)CCN1C. The van der Waals surface area contributed by atoms with Gasteiger partial charge in [-0.25, -0.2) is 8.42 Å². The molecule has 7 heteroatoms. The van der Waals surface area contributed by atoms with Crippen LogP contribution in [-0.2, 0) is 10.0 Å². The normalized spacial score (nSPS) is 19.7. The zero-order valence-electron chi connectivity index (χ0n) is 14.2. The molecule has 2 aromatic carbocycles. The Labute approximate surface area is 153 Å². The Morgan fingerprint density at radius 2 is 1.76 bits per heavy atom. The summed E-state index contributed by atoms with van der Waals surface area (Å²) in [5, 5.41) is 0.246. The molecule has 2 aromatic rings. The van der Waals surface area contributed by atoms with Gasteiger partial charge in [-0.05, 0) is 25.2 Å². The molecule has 1 aliphatic rings. The molecule has 0 aromatic heterocycles. The van der Waals surface area contributed by atoms with Crippen LogP contribution in [0.15, 0.2) is 53.4 Å². The molecule has 0 aliphatic carbocycles. The van der Waals surface area contributed by atoms with E-state index >= 15 is 0 Å². The van der Waals surface area contributed by atoms with Crippen molar-refractivity contribution in [3.05, 3.63) is 59.1 Å². The van der Waals surface area contributed by atoms with Crippen LogP contribution >= 0.6 is 11.6 Å². The lowest BCUT2D eigenvalue weighted by Gasteiger charge is -2.39. The third-order valence-corrected chi connectivity index (χ3v) is 6.93. The lowest BCUT2D eigenvalue weighted by Crippen LogP contribution is -2.49. The van der Waals surface area contributed by atoms with E-state index < -0.39 is 10.0 Å². The van der Waals surface area contributed by atoms with Gasteiger partial charge in [-0.3, -0.25) is 4.90 Å². The maximum Gasteiger partial charge on any atom is 0.244 e. The molecule has 0 amide bonds. The number of piperazine rings is 1. The summed E-state index contributed by atoms with van der Waals surface area (Å²) in [5.74, 6) is 0.761. The lowest BCUT2D eigenvalue weighted by atomic mass is 10.0. The largest absolute Gasteiger partial charge is 0.496 e. The van der Waals surface area contributed by atoms with E-state index in [4.69, 9.17) is 16.3 Å². The smallest absolute Gasteiger partial charge is 0.244 e. The number of likely N-dealkylation sites (N-methyl/N-ethyl adjacent to an activating group) is 1. The van der Waals surface area contributed by atoms with Crippen molar-refractivity contribution in [2.75, 3.05) is 33.8 Å². The maximum absolute atomic E-state index is 13.0. The summed E-state index contributed by atoms with van der Waals surface area (Å²) in [7, 11) is -0.0212. The molecule has 1 aliphatic heterocycles. The second-order valence-electron chi connectivity index (χ2n) is 6.03. The van der Waals surface area contributed by atoms with Crippen LogP contribution in [-0.4, -0.2) is 51.4 Å². The van der Waals surface area contributed by atoms with Crippen molar-refractivity contribution < 1.29 is 13.2 Å². The predicted molar refractivity (Wildman–Crippen MR) is 98.6 cm³/mol. The van der Waals surface area contributed by atoms with Gasteiger partial charge in [-0.15, -0.1) is 0 Å². The number of hydrogen-bond donors (Lipinski definition) is 0. The van der Waals surface area contributed by atoms with Gasteiger partial charge in [0, 0.05) is 25.2 Å². The van der Waals surface area contributed by atoms with Gasteiger partial charge < -0.3 is 4.74 Å². The number of methoxy groups -OCH3 is 1. The van der Waals surface area contributed by atoms with Crippen molar-refractivity contribution in [1.82, 2.24) is 9.21 Å². The fraction of sp³-hybridized carbons (Fsp3) is 0.333. The molecule has 0 saturated carbocycles. The highest BCUT2D eigenvalue weighted by atomic mass is 35.5.